The summed E-state index contributed by atoms with van der Waals surface area (Å²) in [7, 11) is 0. The van der Waals surface area contributed by atoms with Gasteiger partial charge in [-0.15, -0.1) is 0 Å². The number of nitrogens with one attached hydrogen (secondary N) is 1. The van der Waals surface area contributed by atoms with Gasteiger partial charge in [0.05, 0.1) is 0 Å². The maximum Gasteiger partial charge on any atom is 0.0368 e. The van der Waals surface area contributed by atoms with E-state index in [1.54, 1.807) is 0 Å². The summed E-state index contributed by atoms with van der Waals surface area (Å²) in [6.07, 6.45) is 3.96. The number of hydrogen-bond donors (Lipinski definition) is 1. The van der Waals surface area contributed by atoms with Crippen molar-refractivity contribution in [1.82, 2.24) is 5.32 Å². The molecular weight excluding hydrogens is 208 g/mol. The van der Waals surface area contributed by atoms with Gasteiger partial charge in [0.25, 0.3) is 0 Å². The van der Waals surface area contributed by atoms with Crippen molar-refractivity contribution in [3.63, 3.8) is 0 Å². The van der Waals surface area contributed by atoms with Crippen LogP contribution in [0.1, 0.15) is 38.7 Å². The summed E-state index contributed by atoms with van der Waals surface area (Å²) in [5.74, 6) is 0. The monoisotopic (exact) mass is 232 g/mol. The Balaban J connectivity index is 2.01. The normalized spacial score (nSPS) is 19.9. The zero-order valence-corrected chi connectivity index (χ0v) is 11.1. The summed E-state index contributed by atoms with van der Waals surface area (Å²) in [6.45, 7) is 7.68. The smallest absolute Gasteiger partial charge is 0.0368 e. The Bertz CT molecular complexity index is 331. The summed E-state index contributed by atoms with van der Waals surface area (Å²) < 4.78 is 0. The largest absolute Gasteiger partial charge is 0.369 e. The molecule has 0 radical (unpaired) electrons. The molecule has 2 heteroatoms. The van der Waals surface area contributed by atoms with Crippen LogP contribution in [0.25, 0.3) is 0 Å². The Morgan fingerprint density at radius 2 is 2.00 bits per heavy atom. The van der Waals surface area contributed by atoms with Gasteiger partial charge in [-0.2, -0.15) is 0 Å². The lowest BCUT2D eigenvalue weighted by Gasteiger charge is -2.26. The van der Waals surface area contributed by atoms with E-state index in [0.717, 1.165) is 19.1 Å². The third-order valence-corrected chi connectivity index (χ3v) is 3.70. The first-order valence-corrected chi connectivity index (χ1v) is 6.91. The van der Waals surface area contributed by atoms with Crippen LogP contribution in [0.4, 0.5) is 5.69 Å². The minimum Gasteiger partial charge on any atom is -0.369 e. The van der Waals surface area contributed by atoms with E-state index in [2.05, 4.69) is 48.3 Å². The number of rotatable bonds is 5. The van der Waals surface area contributed by atoms with Gasteiger partial charge in [-0.25, -0.2) is 0 Å². The minimum atomic E-state index is 0.759. The Hall–Kier alpha value is -1.02. The molecule has 1 heterocycles. The molecule has 2 nitrogen and oxygen atoms in total. The van der Waals surface area contributed by atoms with Crippen LogP contribution >= 0.6 is 0 Å². The molecule has 94 valence electrons. The van der Waals surface area contributed by atoms with Gasteiger partial charge in [-0.3, -0.25) is 0 Å². The SMILES string of the molecule is CCNCc1ccc(N2CCCC2CC)cc1. The first kappa shape index (κ1) is 12.4. The topological polar surface area (TPSA) is 15.3 Å². The summed E-state index contributed by atoms with van der Waals surface area (Å²) in [4.78, 5) is 2.57. The Morgan fingerprint density at radius 3 is 2.65 bits per heavy atom. The first-order chi connectivity index (χ1) is 8.35. The van der Waals surface area contributed by atoms with Crippen molar-refractivity contribution in [3.8, 4) is 0 Å². The van der Waals surface area contributed by atoms with Gasteiger partial charge in [-0.05, 0) is 43.5 Å². The standard InChI is InChI=1S/C15H24N2/c1-3-14-6-5-11-17(14)15-9-7-13(8-10-15)12-16-4-2/h7-10,14,16H,3-6,11-12H2,1-2H3. The van der Waals surface area contributed by atoms with Gasteiger partial charge in [0.2, 0.25) is 0 Å². The van der Waals surface area contributed by atoms with Crippen LogP contribution in [0.5, 0.6) is 0 Å². The number of anilines is 1. The third kappa shape index (κ3) is 3.01. The second kappa shape index (κ2) is 6.06. The molecule has 0 amide bonds. The van der Waals surface area contributed by atoms with Crippen molar-refractivity contribution in [2.75, 3.05) is 18.0 Å². The highest BCUT2D eigenvalue weighted by Crippen LogP contribution is 2.27. The van der Waals surface area contributed by atoms with E-state index in [-0.39, 0.29) is 0 Å². The highest BCUT2D eigenvalue weighted by atomic mass is 15.2. The molecular formula is C15H24N2. The van der Waals surface area contributed by atoms with Gasteiger partial charge >= 0.3 is 0 Å². The van der Waals surface area contributed by atoms with E-state index >= 15 is 0 Å². The highest BCUT2D eigenvalue weighted by Gasteiger charge is 2.22. The van der Waals surface area contributed by atoms with Crippen molar-refractivity contribution in [2.24, 2.45) is 0 Å². The van der Waals surface area contributed by atoms with Crippen molar-refractivity contribution in [3.05, 3.63) is 29.8 Å². The number of benzene rings is 1. The Morgan fingerprint density at radius 1 is 1.24 bits per heavy atom. The lowest BCUT2D eigenvalue weighted by Crippen LogP contribution is -2.28. The van der Waals surface area contributed by atoms with Gasteiger partial charge in [0, 0.05) is 24.8 Å². The first-order valence-electron chi connectivity index (χ1n) is 6.91. The van der Waals surface area contributed by atoms with Crippen molar-refractivity contribution < 1.29 is 0 Å². The minimum absolute atomic E-state index is 0.759. The molecule has 1 unspecified atom stereocenters. The predicted molar refractivity (Wildman–Crippen MR) is 74.5 cm³/mol. The van der Waals surface area contributed by atoms with Crippen LogP contribution in [-0.2, 0) is 6.54 Å². The predicted octanol–water partition coefficient (Wildman–Crippen LogP) is 3.17. The summed E-state index contributed by atoms with van der Waals surface area (Å²) >= 11 is 0. The van der Waals surface area contributed by atoms with E-state index in [1.807, 2.05) is 0 Å². The molecule has 1 saturated heterocycles. The molecule has 17 heavy (non-hydrogen) atoms. The zero-order valence-electron chi connectivity index (χ0n) is 11.1. The fraction of sp³-hybridized carbons (Fsp3) is 0.600. The van der Waals surface area contributed by atoms with Gasteiger partial charge in [0.1, 0.15) is 0 Å². The lowest BCUT2D eigenvalue weighted by atomic mass is 10.1. The Kier molecular flexibility index (Phi) is 4.43. The molecule has 2 rings (SSSR count). The molecule has 0 spiro atoms. The van der Waals surface area contributed by atoms with E-state index in [0.29, 0.717) is 0 Å². The molecule has 1 aromatic rings. The average Bonchev–Trinajstić information content (AvgIpc) is 2.85. The number of hydrogen-bond acceptors (Lipinski definition) is 2. The van der Waals surface area contributed by atoms with Crippen LogP contribution in [0, 0.1) is 0 Å². The molecule has 1 aliphatic rings. The molecule has 0 aliphatic carbocycles. The van der Waals surface area contributed by atoms with E-state index < -0.39 is 0 Å². The molecule has 0 bridgehead atoms. The molecule has 0 aromatic heterocycles. The van der Waals surface area contributed by atoms with Crippen LogP contribution in [0.2, 0.25) is 0 Å². The molecule has 1 aliphatic heterocycles. The molecule has 1 aromatic carbocycles. The maximum atomic E-state index is 3.36. The Labute approximate surface area is 105 Å². The second-order valence-electron chi connectivity index (χ2n) is 4.84. The van der Waals surface area contributed by atoms with Gasteiger partial charge in [-0.1, -0.05) is 26.0 Å². The highest BCUT2D eigenvalue weighted by molar-refractivity contribution is 5.49. The van der Waals surface area contributed by atoms with Gasteiger partial charge in [0.15, 0.2) is 0 Å². The second-order valence-corrected chi connectivity index (χ2v) is 4.84. The quantitative estimate of drug-likeness (QED) is 0.839. The zero-order chi connectivity index (χ0) is 12.1. The van der Waals surface area contributed by atoms with Crippen molar-refractivity contribution in [2.45, 2.75) is 45.7 Å². The van der Waals surface area contributed by atoms with E-state index in [4.69, 9.17) is 0 Å². The average molecular weight is 232 g/mol. The third-order valence-electron chi connectivity index (χ3n) is 3.70. The molecule has 1 fully saturated rings. The fourth-order valence-electron chi connectivity index (χ4n) is 2.67. The van der Waals surface area contributed by atoms with E-state index in [1.165, 1.54) is 37.1 Å². The van der Waals surface area contributed by atoms with Crippen LogP contribution < -0.4 is 10.2 Å². The molecule has 0 saturated carbocycles. The summed E-state index contributed by atoms with van der Waals surface area (Å²) in [6, 6.07) is 9.82. The van der Waals surface area contributed by atoms with Crippen molar-refractivity contribution >= 4 is 5.69 Å². The van der Waals surface area contributed by atoms with Crippen LogP contribution in [-0.4, -0.2) is 19.1 Å². The van der Waals surface area contributed by atoms with Crippen molar-refractivity contribution in [1.29, 1.82) is 0 Å². The molecule has 1 atom stereocenters. The summed E-state index contributed by atoms with van der Waals surface area (Å²) in [5, 5.41) is 3.36. The van der Waals surface area contributed by atoms with Crippen LogP contribution in [0.3, 0.4) is 0 Å². The van der Waals surface area contributed by atoms with Gasteiger partial charge < -0.3 is 10.2 Å². The molecule has 1 N–H and O–H groups in total. The van der Waals surface area contributed by atoms with E-state index in [9.17, 15) is 0 Å². The maximum absolute atomic E-state index is 3.36. The lowest BCUT2D eigenvalue weighted by molar-refractivity contribution is 0.645. The number of nitrogens with zero attached hydrogens (tertiary/aromatic N) is 1. The fourth-order valence-corrected chi connectivity index (χ4v) is 2.67. The van der Waals surface area contributed by atoms with Crippen LogP contribution in [0.15, 0.2) is 24.3 Å². The summed E-state index contributed by atoms with van der Waals surface area (Å²) in [5.41, 5.74) is 2.78.